The Balaban J connectivity index is 1.86. The number of nitrogens with one attached hydrogen (secondary N) is 1. The molecule has 40 heavy (non-hydrogen) atoms. The lowest BCUT2D eigenvalue weighted by atomic mass is 10.0. The second-order valence-electron chi connectivity index (χ2n) is 9.33. The fraction of sp³-hybridized carbons (Fsp3) is 0.333. The summed E-state index contributed by atoms with van der Waals surface area (Å²) in [7, 11) is 1.01. The predicted octanol–water partition coefficient (Wildman–Crippen LogP) is 3.64. The minimum atomic E-state index is -3.62. The fourth-order valence-electron chi connectivity index (χ4n) is 4.46. The zero-order valence-corrected chi connectivity index (χ0v) is 24.2. The van der Waals surface area contributed by atoms with Crippen molar-refractivity contribution in [2.45, 2.75) is 31.8 Å². The Morgan fingerprint density at radius 3 is 2.12 bits per heavy atom. The molecule has 0 spiro atoms. The Morgan fingerprint density at radius 1 is 0.875 bits per heavy atom. The molecule has 0 radical (unpaired) electrons. The lowest BCUT2D eigenvalue weighted by Crippen LogP contribution is -2.49. The fourth-order valence-corrected chi connectivity index (χ4v) is 5.41. The molecular weight excluding hydrogens is 530 g/mol. The van der Waals surface area contributed by atoms with Gasteiger partial charge < -0.3 is 19.7 Å². The number of amides is 2. The third-order valence-corrected chi connectivity index (χ3v) is 7.69. The minimum absolute atomic E-state index is 0.0439. The summed E-state index contributed by atoms with van der Waals surface area (Å²) in [6.45, 7) is 0.278. The van der Waals surface area contributed by atoms with Crippen LogP contribution >= 0.6 is 0 Å². The van der Waals surface area contributed by atoms with Crippen molar-refractivity contribution in [1.29, 1.82) is 0 Å². The molecule has 0 aliphatic heterocycles. The molecule has 0 bridgehead atoms. The molecule has 214 valence electrons. The van der Waals surface area contributed by atoms with Gasteiger partial charge in [-0.3, -0.25) is 13.9 Å². The molecule has 3 rings (SSSR count). The van der Waals surface area contributed by atoms with E-state index in [4.69, 9.17) is 9.47 Å². The Kier molecular flexibility index (Phi) is 11.0. The van der Waals surface area contributed by atoms with E-state index in [1.165, 1.54) is 11.4 Å². The molecule has 10 heteroatoms. The highest BCUT2D eigenvalue weighted by Gasteiger charge is 2.30. The molecule has 0 unspecified atom stereocenters. The summed E-state index contributed by atoms with van der Waals surface area (Å²) in [5, 5.41) is 2.70. The summed E-state index contributed by atoms with van der Waals surface area (Å²) in [5.74, 6) is 0.633. The normalized spacial score (nSPS) is 11.8. The Bertz CT molecular complexity index is 1380. The van der Waals surface area contributed by atoms with E-state index in [0.717, 1.165) is 17.4 Å². The molecule has 0 fully saturated rings. The van der Waals surface area contributed by atoms with Crippen LogP contribution in [0.5, 0.6) is 11.5 Å². The van der Waals surface area contributed by atoms with Crippen molar-refractivity contribution in [3.8, 4) is 11.5 Å². The Labute approximate surface area is 236 Å². The number of methoxy groups -OCH3 is 2. The van der Waals surface area contributed by atoms with Gasteiger partial charge in [-0.1, -0.05) is 48.5 Å². The quantitative estimate of drug-likeness (QED) is 0.319. The van der Waals surface area contributed by atoms with E-state index in [0.29, 0.717) is 23.6 Å². The number of carbonyl (C=O) groups is 2. The topological polar surface area (TPSA) is 105 Å². The molecule has 0 saturated heterocycles. The van der Waals surface area contributed by atoms with Crippen molar-refractivity contribution < 1.29 is 27.5 Å². The summed E-state index contributed by atoms with van der Waals surface area (Å²) in [6, 6.07) is 22.9. The summed E-state index contributed by atoms with van der Waals surface area (Å²) < 4.78 is 37.1. The first kappa shape index (κ1) is 30.5. The minimum Gasteiger partial charge on any atom is -0.497 e. The average Bonchev–Trinajstić information content (AvgIpc) is 2.96. The first-order chi connectivity index (χ1) is 19.2. The molecule has 3 aromatic rings. The maximum Gasteiger partial charge on any atom is 0.242 e. The van der Waals surface area contributed by atoms with Crippen LogP contribution < -0.4 is 19.1 Å². The molecule has 1 N–H and O–H groups in total. The highest BCUT2D eigenvalue weighted by molar-refractivity contribution is 7.92. The van der Waals surface area contributed by atoms with Gasteiger partial charge in [0.15, 0.2) is 0 Å². The van der Waals surface area contributed by atoms with Gasteiger partial charge in [-0.15, -0.1) is 0 Å². The standard InChI is InChI=1S/C30H37N3O6S/c1-31-30(35)28(20-23-11-6-5-7-12-23)32(22-24-13-8-15-26(19-24)38-2)29(34)17-10-18-33(40(4,36)37)25-14-9-16-27(21-25)39-3/h5-9,11-16,19,21,28H,10,17-18,20,22H2,1-4H3,(H,31,35)/t28-/m1/s1. The highest BCUT2D eigenvalue weighted by atomic mass is 32.2. The van der Waals surface area contributed by atoms with E-state index in [9.17, 15) is 18.0 Å². The van der Waals surface area contributed by atoms with Crippen molar-refractivity contribution >= 4 is 27.5 Å². The van der Waals surface area contributed by atoms with Gasteiger partial charge in [0.1, 0.15) is 17.5 Å². The molecular formula is C30H37N3O6S. The first-order valence-corrected chi connectivity index (χ1v) is 14.8. The third-order valence-electron chi connectivity index (χ3n) is 6.50. The summed E-state index contributed by atoms with van der Waals surface area (Å²) in [6.07, 6.45) is 1.76. The lowest BCUT2D eigenvalue weighted by Gasteiger charge is -2.31. The van der Waals surface area contributed by atoms with E-state index in [1.807, 2.05) is 54.6 Å². The van der Waals surface area contributed by atoms with Crippen LogP contribution in [0.15, 0.2) is 78.9 Å². The maximum atomic E-state index is 13.7. The molecule has 1 atom stereocenters. The van der Waals surface area contributed by atoms with E-state index >= 15 is 0 Å². The van der Waals surface area contributed by atoms with E-state index in [-0.39, 0.29) is 37.7 Å². The molecule has 0 saturated carbocycles. The van der Waals surface area contributed by atoms with Gasteiger partial charge in [0, 0.05) is 39.0 Å². The van der Waals surface area contributed by atoms with E-state index in [2.05, 4.69) is 5.32 Å². The van der Waals surface area contributed by atoms with E-state index < -0.39 is 16.1 Å². The smallest absolute Gasteiger partial charge is 0.242 e. The Morgan fingerprint density at radius 2 is 1.50 bits per heavy atom. The molecule has 9 nitrogen and oxygen atoms in total. The highest BCUT2D eigenvalue weighted by Crippen LogP contribution is 2.24. The molecule has 0 aromatic heterocycles. The van der Waals surface area contributed by atoms with Crippen molar-refractivity contribution in [2.24, 2.45) is 0 Å². The van der Waals surface area contributed by atoms with Crippen molar-refractivity contribution in [3.05, 3.63) is 90.0 Å². The van der Waals surface area contributed by atoms with Gasteiger partial charge >= 0.3 is 0 Å². The van der Waals surface area contributed by atoms with Gasteiger partial charge in [-0.2, -0.15) is 0 Å². The summed E-state index contributed by atoms with van der Waals surface area (Å²) in [5.41, 5.74) is 2.18. The lowest BCUT2D eigenvalue weighted by molar-refractivity contribution is -0.141. The van der Waals surface area contributed by atoms with Crippen molar-refractivity contribution in [2.75, 3.05) is 38.4 Å². The number of sulfonamides is 1. The van der Waals surface area contributed by atoms with Crippen LogP contribution in [0.1, 0.15) is 24.0 Å². The second kappa shape index (κ2) is 14.4. The van der Waals surface area contributed by atoms with Crippen LogP contribution in [0.3, 0.4) is 0 Å². The largest absolute Gasteiger partial charge is 0.497 e. The number of hydrogen-bond donors (Lipinski definition) is 1. The number of rotatable bonds is 14. The number of ether oxygens (including phenoxy) is 2. The number of likely N-dealkylation sites (N-methyl/N-ethyl adjacent to an activating group) is 1. The average molecular weight is 568 g/mol. The molecule has 0 heterocycles. The van der Waals surface area contributed by atoms with Crippen LogP contribution in [0.2, 0.25) is 0 Å². The summed E-state index contributed by atoms with van der Waals surface area (Å²) in [4.78, 5) is 28.4. The van der Waals surface area contributed by atoms with Crippen molar-refractivity contribution in [3.63, 3.8) is 0 Å². The molecule has 2 amide bonds. The number of carbonyl (C=O) groups excluding carboxylic acids is 2. The predicted molar refractivity (Wildman–Crippen MR) is 156 cm³/mol. The van der Waals surface area contributed by atoms with Gasteiger partial charge in [0.05, 0.1) is 26.2 Å². The monoisotopic (exact) mass is 567 g/mol. The molecule has 3 aromatic carbocycles. The van der Waals surface area contributed by atoms with Crippen molar-refractivity contribution in [1.82, 2.24) is 10.2 Å². The van der Waals surface area contributed by atoms with Gasteiger partial charge in [-0.05, 0) is 41.8 Å². The number of nitrogens with zero attached hydrogens (tertiary/aromatic N) is 2. The summed E-state index contributed by atoms with van der Waals surface area (Å²) >= 11 is 0. The van der Waals surface area contributed by atoms with Crippen LogP contribution in [0.25, 0.3) is 0 Å². The third kappa shape index (κ3) is 8.47. The second-order valence-corrected chi connectivity index (χ2v) is 11.2. The first-order valence-electron chi connectivity index (χ1n) is 13.0. The van der Waals surface area contributed by atoms with E-state index in [1.54, 1.807) is 43.3 Å². The van der Waals surface area contributed by atoms with Crippen LogP contribution in [-0.2, 0) is 32.6 Å². The number of hydrogen-bond acceptors (Lipinski definition) is 6. The maximum absolute atomic E-state index is 13.7. The van der Waals surface area contributed by atoms with Crippen LogP contribution in [-0.4, -0.2) is 65.2 Å². The molecule has 0 aliphatic carbocycles. The van der Waals surface area contributed by atoms with Crippen LogP contribution in [0.4, 0.5) is 5.69 Å². The van der Waals surface area contributed by atoms with Gasteiger partial charge in [0.2, 0.25) is 21.8 Å². The number of benzene rings is 3. The zero-order valence-electron chi connectivity index (χ0n) is 23.4. The Hall–Kier alpha value is -4.05. The molecule has 0 aliphatic rings. The SMILES string of the molecule is CNC(=O)[C@@H](Cc1ccccc1)N(Cc1cccc(OC)c1)C(=O)CCCN(c1cccc(OC)c1)S(C)(=O)=O. The number of anilines is 1. The van der Waals surface area contributed by atoms with Gasteiger partial charge in [-0.25, -0.2) is 8.42 Å². The van der Waals surface area contributed by atoms with Gasteiger partial charge in [0.25, 0.3) is 0 Å². The zero-order chi connectivity index (χ0) is 29.1. The van der Waals surface area contributed by atoms with Crippen LogP contribution in [0, 0.1) is 0 Å².